The first-order valence-corrected chi connectivity index (χ1v) is 5.62. The van der Waals surface area contributed by atoms with Gasteiger partial charge in [-0.3, -0.25) is 0 Å². The van der Waals surface area contributed by atoms with E-state index in [1.165, 1.54) is 32.1 Å². The molecule has 0 saturated heterocycles. The molecule has 0 aliphatic heterocycles. The van der Waals surface area contributed by atoms with Gasteiger partial charge in [0.2, 0.25) is 0 Å². The summed E-state index contributed by atoms with van der Waals surface area (Å²) in [5.74, 6) is 0. The zero-order chi connectivity index (χ0) is 9.40. The molecule has 0 saturated carbocycles. The predicted molar refractivity (Wildman–Crippen MR) is 56.3 cm³/mol. The van der Waals surface area contributed by atoms with Crippen LogP contribution in [0.3, 0.4) is 0 Å². The Kier molecular flexibility index (Phi) is 7.62. The first-order chi connectivity index (χ1) is 5.70. The van der Waals surface area contributed by atoms with Crippen molar-refractivity contribution in [3.05, 3.63) is 0 Å². The van der Waals surface area contributed by atoms with E-state index in [1.807, 2.05) is 0 Å². The molecule has 0 fully saturated rings. The van der Waals surface area contributed by atoms with Gasteiger partial charge in [-0.05, 0) is 0 Å². The molecule has 0 aromatic carbocycles. The quantitative estimate of drug-likeness (QED) is 0.650. The summed E-state index contributed by atoms with van der Waals surface area (Å²) < 4.78 is 0.726. The molecule has 0 spiro atoms. The molecule has 0 radical (unpaired) electrons. The Bertz CT molecular complexity index is 126. The number of nitrogens with two attached hydrogens (primary N) is 1. The molecule has 3 N–H and O–H groups in total. The molecule has 12 heavy (non-hydrogen) atoms. The van der Waals surface area contributed by atoms with Gasteiger partial charge in [-0.25, -0.2) is 0 Å². The van der Waals surface area contributed by atoms with Crippen molar-refractivity contribution in [1.82, 2.24) is 5.32 Å². The molecule has 0 aromatic rings. The van der Waals surface area contributed by atoms with Crippen LogP contribution in [0.1, 0.15) is 46.0 Å². The van der Waals surface area contributed by atoms with E-state index in [0.29, 0.717) is 6.04 Å². The number of hydrogen-bond acceptors (Lipinski definition) is 2. The molecule has 2 nitrogen and oxygen atoms in total. The third-order valence-corrected chi connectivity index (χ3v) is 2.14. The van der Waals surface area contributed by atoms with Crippen molar-refractivity contribution >= 4 is 20.2 Å². The maximum atomic E-state index is 5.55. The van der Waals surface area contributed by atoms with Crippen molar-refractivity contribution < 1.29 is 0 Å². The van der Waals surface area contributed by atoms with E-state index < -0.39 is 0 Å². The fourth-order valence-corrected chi connectivity index (χ4v) is 1.64. The van der Waals surface area contributed by atoms with E-state index in [2.05, 4.69) is 34.7 Å². The van der Waals surface area contributed by atoms with Crippen LogP contribution in [0, 0.1) is 0 Å². The maximum absolute atomic E-state index is 5.55. The van der Waals surface area contributed by atoms with Crippen LogP contribution in [-0.4, -0.2) is 26.3 Å². The Labute approximate surface area is 83.6 Å². The van der Waals surface area contributed by atoms with Crippen LogP contribution in [0.4, 0.5) is 0 Å². The molecule has 0 bridgehead atoms. The predicted octanol–water partition coefficient (Wildman–Crippen LogP) is 1.15. The van der Waals surface area contributed by atoms with Crippen LogP contribution in [0.15, 0.2) is 0 Å². The second kappa shape index (κ2) is 7.63. The van der Waals surface area contributed by atoms with E-state index in [0.717, 1.165) is 4.67 Å². The van der Waals surface area contributed by atoms with E-state index in [4.69, 9.17) is 5.73 Å². The van der Waals surface area contributed by atoms with Crippen molar-refractivity contribution in [1.29, 1.82) is 0 Å². The number of rotatable bonds is 7. The molecule has 0 amide bonds. The number of unbranched alkanes of at least 4 members (excludes halogenated alkanes) is 1. The summed E-state index contributed by atoms with van der Waals surface area (Å²) >= 11 is 2.79. The third-order valence-electron chi connectivity index (χ3n) is 1.89. The van der Waals surface area contributed by atoms with Crippen LogP contribution in [0.25, 0.3) is 0 Å². The Hall–Kier alpha value is -0.0105. The monoisotopic (exact) mass is 236 g/mol. The second-order valence-corrected chi connectivity index (χ2v) is 4.06. The SMILES string of the molecule is CCCCC(CCC)NC(N)=[Se]. The third kappa shape index (κ3) is 6.68. The minimum absolute atomic E-state index is 0.566. The normalized spacial score (nSPS) is 12.5. The summed E-state index contributed by atoms with van der Waals surface area (Å²) in [6.45, 7) is 4.42. The summed E-state index contributed by atoms with van der Waals surface area (Å²) in [5.41, 5.74) is 5.55. The van der Waals surface area contributed by atoms with Gasteiger partial charge in [0.25, 0.3) is 0 Å². The van der Waals surface area contributed by atoms with Crippen LogP contribution in [0.5, 0.6) is 0 Å². The topological polar surface area (TPSA) is 38.0 Å². The van der Waals surface area contributed by atoms with Crippen LogP contribution in [-0.2, 0) is 0 Å². The van der Waals surface area contributed by atoms with Gasteiger partial charge in [-0.15, -0.1) is 0 Å². The fourth-order valence-electron chi connectivity index (χ4n) is 1.29. The van der Waals surface area contributed by atoms with Gasteiger partial charge in [-0.2, -0.15) is 0 Å². The minimum atomic E-state index is 0.566. The van der Waals surface area contributed by atoms with Crippen LogP contribution < -0.4 is 11.1 Å². The number of nitrogens with one attached hydrogen (secondary N) is 1. The fraction of sp³-hybridized carbons (Fsp3) is 0.889. The molecule has 0 aliphatic carbocycles. The van der Waals surface area contributed by atoms with Crippen molar-refractivity contribution in [3.63, 3.8) is 0 Å². The van der Waals surface area contributed by atoms with Crippen LogP contribution >= 0.6 is 0 Å². The molecular formula is C9H20N2Se. The molecule has 0 rings (SSSR count). The molecule has 0 aromatic heterocycles. The van der Waals surface area contributed by atoms with Gasteiger partial charge in [0, 0.05) is 0 Å². The zero-order valence-electron chi connectivity index (χ0n) is 8.10. The van der Waals surface area contributed by atoms with E-state index in [9.17, 15) is 0 Å². The molecule has 1 unspecified atom stereocenters. The first-order valence-electron chi connectivity index (χ1n) is 4.76. The van der Waals surface area contributed by atoms with E-state index in [-0.39, 0.29) is 0 Å². The Morgan fingerprint density at radius 2 is 2.00 bits per heavy atom. The Balaban J connectivity index is 3.61. The summed E-state index contributed by atoms with van der Waals surface area (Å²) in [6, 6.07) is 0.566. The summed E-state index contributed by atoms with van der Waals surface area (Å²) in [7, 11) is 0. The Morgan fingerprint density at radius 1 is 1.33 bits per heavy atom. The van der Waals surface area contributed by atoms with Gasteiger partial charge >= 0.3 is 83.3 Å². The summed E-state index contributed by atoms with van der Waals surface area (Å²) in [5, 5.41) is 3.25. The Morgan fingerprint density at radius 3 is 2.42 bits per heavy atom. The second-order valence-electron chi connectivity index (χ2n) is 3.14. The molecule has 3 heteroatoms. The standard InChI is InChI=1S/C9H20N2Se/c1-3-5-7-8(6-4-2)11-9(10)12/h8H,3-7H2,1-2H3,(H3,10,11,12). The summed E-state index contributed by atoms with van der Waals surface area (Å²) in [4.78, 5) is 0. The molecule has 1 atom stereocenters. The van der Waals surface area contributed by atoms with Gasteiger partial charge in [0.15, 0.2) is 0 Å². The van der Waals surface area contributed by atoms with Crippen molar-refractivity contribution in [3.8, 4) is 0 Å². The van der Waals surface area contributed by atoms with E-state index >= 15 is 0 Å². The molecule has 0 heterocycles. The van der Waals surface area contributed by atoms with Gasteiger partial charge in [0.05, 0.1) is 0 Å². The van der Waals surface area contributed by atoms with E-state index in [1.54, 1.807) is 0 Å². The van der Waals surface area contributed by atoms with Crippen molar-refractivity contribution in [2.24, 2.45) is 5.73 Å². The van der Waals surface area contributed by atoms with Gasteiger partial charge < -0.3 is 0 Å². The van der Waals surface area contributed by atoms with Crippen molar-refractivity contribution in [2.45, 2.75) is 52.0 Å². The average molecular weight is 235 g/mol. The first kappa shape index (κ1) is 12.0. The van der Waals surface area contributed by atoms with Gasteiger partial charge in [0.1, 0.15) is 0 Å². The summed E-state index contributed by atoms with van der Waals surface area (Å²) in [6.07, 6.45) is 6.20. The van der Waals surface area contributed by atoms with Gasteiger partial charge in [-0.1, -0.05) is 0 Å². The molecule has 72 valence electrons. The molecular weight excluding hydrogens is 215 g/mol. The number of hydrogen-bond donors (Lipinski definition) is 2. The van der Waals surface area contributed by atoms with Crippen molar-refractivity contribution in [2.75, 3.05) is 0 Å². The van der Waals surface area contributed by atoms with Crippen LogP contribution in [0.2, 0.25) is 0 Å². The molecule has 0 aliphatic rings. The average Bonchev–Trinajstić information content (AvgIpc) is 2.00. The zero-order valence-corrected chi connectivity index (χ0v) is 9.81.